The first-order chi connectivity index (χ1) is 6.03. The molecule has 2 atom stereocenters. The average molecular weight is 223 g/mol. The summed E-state index contributed by atoms with van der Waals surface area (Å²) in [5.74, 6) is 2.22. The van der Waals surface area contributed by atoms with Crippen LogP contribution in [0.1, 0.15) is 13.3 Å². The second-order valence-electron chi connectivity index (χ2n) is 3.70. The summed E-state index contributed by atoms with van der Waals surface area (Å²) >= 11 is 1.76. The molecule has 1 aliphatic rings. The fraction of sp³-hybridized carbons (Fsp3) is 1.00. The van der Waals surface area contributed by atoms with Gasteiger partial charge in [0, 0.05) is 5.25 Å². The molecule has 78 valence electrons. The van der Waals surface area contributed by atoms with Crippen LogP contribution in [0.2, 0.25) is 0 Å². The summed E-state index contributed by atoms with van der Waals surface area (Å²) in [5, 5.41) is 0.319. The van der Waals surface area contributed by atoms with Crippen molar-refractivity contribution >= 4 is 21.6 Å². The minimum atomic E-state index is -2.70. The lowest BCUT2D eigenvalue weighted by Crippen LogP contribution is -2.15. The fourth-order valence-electron chi connectivity index (χ4n) is 1.26. The molecule has 0 radical (unpaired) electrons. The van der Waals surface area contributed by atoms with Gasteiger partial charge in [-0.15, -0.1) is 0 Å². The maximum Gasteiger partial charge on any atom is 0.151 e. The lowest BCUT2D eigenvalue weighted by Gasteiger charge is -2.11. The van der Waals surface area contributed by atoms with E-state index in [-0.39, 0.29) is 0 Å². The van der Waals surface area contributed by atoms with Gasteiger partial charge in [0.15, 0.2) is 9.84 Å². The third kappa shape index (κ3) is 3.87. The Morgan fingerprint density at radius 1 is 1.62 bits per heavy atom. The fourth-order valence-corrected chi connectivity index (χ4v) is 4.98. The third-order valence-corrected chi connectivity index (χ3v) is 5.82. The maximum absolute atomic E-state index is 11.1. The first-order valence-electron chi connectivity index (χ1n) is 4.55. The van der Waals surface area contributed by atoms with Crippen LogP contribution in [0, 0.1) is 5.92 Å². The van der Waals surface area contributed by atoms with E-state index in [0.29, 0.717) is 29.2 Å². The largest absolute Gasteiger partial charge is 0.330 e. The van der Waals surface area contributed by atoms with E-state index in [4.69, 9.17) is 5.73 Å². The van der Waals surface area contributed by atoms with Crippen LogP contribution in [0.5, 0.6) is 0 Å². The van der Waals surface area contributed by atoms with Crippen molar-refractivity contribution < 1.29 is 8.42 Å². The molecule has 1 saturated heterocycles. The molecule has 1 fully saturated rings. The van der Waals surface area contributed by atoms with E-state index in [9.17, 15) is 8.42 Å². The Morgan fingerprint density at radius 3 is 2.77 bits per heavy atom. The third-order valence-electron chi connectivity index (χ3n) is 2.21. The van der Waals surface area contributed by atoms with E-state index in [0.717, 1.165) is 12.2 Å². The molecule has 1 aliphatic heterocycles. The van der Waals surface area contributed by atoms with Crippen molar-refractivity contribution in [2.24, 2.45) is 11.7 Å². The molecule has 2 N–H and O–H groups in total. The molecule has 0 bridgehead atoms. The van der Waals surface area contributed by atoms with Gasteiger partial charge in [-0.1, -0.05) is 6.92 Å². The second kappa shape index (κ2) is 4.66. The van der Waals surface area contributed by atoms with E-state index in [1.165, 1.54) is 0 Å². The highest BCUT2D eigenvalue weighted by Crippen LogP contribution is 2.25. The molecule has 1 rings (SSSR count). The van der Waals surface area contributed by atoms with Crippen molar-refractivity contribution in [3.05, 3.63) is 0 Å². The summed E-state index contributed by atoms with van der Waals surface area (Å²) in [6.07, 6.45) is 0.824. The molecule has 5 heteroatoms. The van der Waals surface area contributed by atoms with Crippen LogP contribution in [0.4, 0.5) is 0 Å². The zero-order valence-electron chi connectivity index (χ0n) is 7.90. The Hall–Kier alpha value is 0.260. The van der Waals surface area contributed by atoms with E-state index in [1.54, 1.807) is 11.8 Å². The first-order valence-corrected chi connectivity index (χ1v) is 7.42. The Labute approximate surface area is 84.4 Å². The second-order valence-corrected chi connectivity index (χ2v) is 7.26. The van der Waals surface area contributed by atoms with Crippen LogP contribution in [-0.4, -0.2) is 37.5 Å². The Bertz CT molecular complexity index is 251. The standard InChI is InChI=1S/C8H17NO2S2/c1-7(4-9)5-12-8-2-3-13(10,11)6-8/h7-8H,2-6,9H2,1H3. The molecule has 3 nitrogen and oxygen atoms in total. The van der Waals surface area contributed by atoms with E-state index < -0.39 is 9.84 Å². The minimum Gasteiger partial charge on any atom is -0.330 e. The van der Waals surface area contributed by atoms with E-state index >= 15 is 0 Å². The smallest absolute Gasteiger partial charge is 0.151 e. The van der Waals surface area contributed by atoms with Crippen molar-refractivity contribution in [1.29, 1.82) is 0 Å². The number of hydrogen-bond acceptors (Lipinski definition) is 4. The highest BCUT2D eigenvalue weighted by Gasteiger charge is 2.28. The van der Waals surface area contributed by atoms with Crippen LogP contribution >= 0.6 is 11.8 Å². The summed E-state index contributed by atoms with van der Waals surface area (Å²) in [6, 6.07) is 0. The van der Waals surface area contributed by atoms with Gasteiger partial charge in [0.1, 0.15) is 0 Å². The van der Waals surface area contributed by atoms with Crippen molar-refractivity contribution in [2.45, 2.75) is 18.6 Å². The van der Waals surface area contributed by atoms with Crippen LogP contribution in [0.25, 0.3) is 0 Å². The normalized spacial score (nSPS) is 28.9. The van der Waals surface area contributed by atoms with Gasteiger partial charge in [-0.3, -0.25) is 0 Å². The van der Waals surface area contributed by atoms with Crippen molar-refractivity contribution in [3.8, 4) is 0 Å². The van der Waals surface area contributed by atoms with Crippen LogP contribution in [0.15, 0.2) is 0 Å². The van der Waals surface area contributed by atoms with Crippen LogP contribution in [-0.2, 0) is 9.84 Å². The van der Waals surface area contributed by atoms with E-state index in [2.05, 4.69) is 6.92 Å². The van der Waals surface area contributed by atoms with Crippen molar-refractivity contribution in [2.75, 3.05) is 23.8 Å². The monoisotopic (exact) mass is 223 g/mol. The maximum atomic E-state index is 11.1. The van der Waals surface area contributed by atoms with Crippen molar-refractivity contribution in [3.63, 3.8) is 0 Å². The molecule has 0 amide bonds. The van der Waals surface area contributed by atoms with Gasteiger partial charge in [0.2, 0.25) is 0 Å². The Kier molecular flexibility index (Phi) is 4.06. The molecule has 0 aromatic rings. The summed E-state index contributed by atoms with van der Waals surface area (Å²) in [5.41, 5.74) is 5.48. The number of thioether (sulfide) groups is 1. The zero-order chi connectivity index (χ0) is 9.90. The highest BCUT2D eigenvalue weighted by molar-refractivity contribution is 8.01. The highest BCUT2D eigenvalue weighted by atomic mass is 32.2. The number of sulfone groups is 1. The Balaban J connectivity index is 2.25. The zero-order valence-corrected chi connectivity index (χ0v) is 9.53. The van der Waals surface area contributed by atoms with E-state index in [1.807, 2.05) is 0 Å². The van der Waals surface area contributed by atoms with Gasteiger partial charge in [-0.2, -0.15) is 11.8 Å². The van der Waals surface area contributed by atoms with Gasteiger partial charge in [0.25, 0.3) is 0 Å². The average Bonchev–Trinajstić information content (AvgIpc) is 2.41. The van der Waals surface area contributed by atoms with Gasteiger partial charge in [0.05, 0.1) is 11.5 Å². The van der Waals surface area contributed by atoms with Crippen LogP contribution < -0.4 is 5.73 Å². The first kappa shape index (κ1) is 11.3. The molecular weight excluding hydrogens is 206 g/mol. The molecule has 0 aromatic heterocycles. The lowest BCUT2D eigenvalue weighted by atomic mass is 10.2. The Morgan fingerprint density at radius 2 is 2.31 bits per heavy atom. The predicted octanol–water partition coefficient (Wildman–Crippen LogP) is 0.502. The number of rotatable bonds is 4. The van der Waals surface area contributed by atoms with Crippen LogP contribution in [0.3, 0.4) is 0 Å². The molecule has 13 heavy (non-hydrogen) atoms. The van der Waals surface area contributed by atoms with Gasteiger partial charge in [-0.25, -0.2) is 8.42 Å². The summed E-state index contributed by atoms with van der Waals surface area (Å²) < 4.78 is 22.2. The summed E-state index contributed by atoms with van der Waals surface area (Å²) in [7, 11) is -2.70. The lowest BCUT2D eigenvalue weighted by molar-refractivity contribution is 0.602. The van der Waals surface area contributed by atoms with Gasteiger partial charge < -0.3 is 5.73 Å². The summed E-state index contributed by atoms with van der Waals surface area (Å²) in [4.78, 5) is 0. The molecule has 2 unspecified atom stereocenters. The SMILES string of the molecule is CC(CN)CSC1CCS(=O)(=O)C1. The van der Waals surface area contributed by atoms with Crippen molar-refractivity contribution in [1.82, 2.24) is 0 Å². The molecule has 0 spiro atoms. The minimum absolute atomic E-state index is 0.319. The molecule has 1 heterocycles. The molecule has 0 saturated carbocycles. The predicted molar refractivity (Wildman–Crippen MR) is 57.7 cm³/mol. The van der Waals surface area contributed by atoms with Gasteiger partial charge >= 0.3 is 0 Å². The van der Waals surface area contributed by atoms with Gasteiger partial charge in [-0.05, 0) is 24.6 Å². The number of nitrogens with two attached hydrogens (primary N) is 1. The molecule has 0 aromatic carbocycles. The molecular formula is C8H17NO2S2. The topological polar surface area (TPSA) is 60.2 Å². The number of hydrogen-bond donors (Lipinski definition) is 1. The molecule has 0 aliphatic carbocycles. The quantitative estimate of drug-likeness (QED) is 0.754. The summed E-state index contributed by atoms with van der Waals surface area (Å²) in [6.45, 7) is 2.78.